The zero-order valence-corrected chi connectivity index (χ0v) is 17.0. The molecule has 0 aromatic heterocycles. The summed E-state index contributed by atoms with van der Waals surface area (Å²) < 4.78 is 0. The van der Waals surface area contributed by atoms with E-state index in [0.29, 0.717) is 5.92 Å². The van der Waals surface area contributed by atoms with Crippen LogP contribution >= 0.6 is 0 Å². The minimum atomic E-state index is -0.652. The van der Waals surface area contributed by atoms with Gasteiger partial charge < -0.3 is 10.2 Å². The molecule has 1 saturated heterocycles. The molecule has 2 aromatic carbocycles. The molecule has 2 aromatic rings. The van der Waals surface area contributed by atoms with Crippen molar-refractivity contribution in [3.05, 3.63) is 73.8 Å². The normalized spacial score (nSPS) is 20.3. The number of fused-ring (bicyclic) bond motifs is 1. The highest BCUT2D eigenvalue weighted by Crippen LogP contribution is 2.31. The zero-order chi connectivity index (χ0) is 21.8. The average molecular weight is 424 g/mol. The second-order valence-electron chi connectivity index (χ2n) is 7.87. The monoisotopic (exact) mass is 424 g/mol. The maximum atomic E-state index is 11.4. The molecule has 1 aliphatic heterocycles. The zero-order valence-electron chi connectivity index (χ0n) is 17.0. The molecule has 1 fully saturated rings. The topological polar surface area (TPSA) is 126 Å². The van der Waals surface area contributed by atoms with Crippen molar-refractivity contribution in [1.82, 2.24) is 10.2 Å². The van der Waals surface area contributed by atoms with E-state index in [1.165, 1.54) is 17.7 Å². The molecule has 0 amide bonds. The lowest BCUT2D eigenvalue weighted by molar-refractivity contribution is -0.393. The van der Waals surface area contributed by atoms with E-state index in [1.54, 1.807) is 0 Å². The molecular weight excluding hydrogens is 400 g/mol. The maximum absolute atomic E-state index is 11.4. The number of benzene rings is 2. The van der Waals surface area contributed by atoms with Gasteiger partial charge in [-0.25, -0.2) is 0 Å². The Morgan fingerprint density at radius 2 is 1.84 bits per heavy atom. The summed E-state index contributed by atoms with van der Waals surface area (Å²) in [6.45, 7) is 5.02. The number of hydrogen-bond donors (Lipinski definition) is 2. The molecule has 0 spiro atoms. The van der Waals surface area contributed by atoms with Crippen LogP contribution in [0.4, 0.5) is 17.1 Å². The Hall–Kier alpha value is -3.37. The predicted octanol–water partition coefficient (Wildman–Crippen LogP) is 2.79. The molecule has 162 valence electrons. The maximum Gasteiger partial charge on any atom is 0.301 e. The minimum Gasteiger partial charge on any atom is -0.314 e. The van der Waals surface area contributed by atoms with Gasteiger partial charge >= 0.3 is 5.69 Å². The van der Waals surface area contributed by atoms with Gasteiger partial charge in [0.2, 0.25) is 0 Å². The van der Waals surface area contributed by atoms with Crippen molar-refractivity contribution >= 4 is 22.8 Å². The highest BCUT2D eigenvalue weighted by atomic mass is 16.6. The fraction of sp³-hybridized carbons (Fsp3) is 0.381. The number of nitro groups is 2. The van der Waals surface area contributed by atoms with Gasteiger partial charge in [0.05, 0.1) is 21.6 Å². The van der Waals surface area contributed by atoms with Gasteiger partial charge in [0.1, 0.15) is 5.69 Å². The lowest BCUT2D eigenvalue weighted by Gasteiger charge is -2.33. The summed E-state index contributed by atoms with van der Waals surface area (Å²) >= 11 is 0. The van der Waals surface area contributed by atoms with Gasteiger partial charge in [-0.15, -0.1) is 0 Å². The van der Waals surface area contributed by atoms with Crippen molar-refractivity contribution in [3.63, 3.8) is 0 Å². The van der Waals surface area contributed by atoms with Gasteiger partial charge in [-0.3, -0.25) is 25.7 Å². The lowest BCUT2D eigenvalue weighted by atomic mass is 9.82. The molecule has 2 aliphatic rings. The Balaban J connectivity index is 1.58. The van der Waals surface area contributed by atoms with Crippen LogP contribution in [0.5, 0.6) is 0 Å². The summed E-state index contributed by atoms with van der Waals surface area (Å²) in [5.41, 5.74) is 5.32. The lowest BCUT2D eigenvalue weighted by Crippen LogP contribution is -2.46. The molecule has 1 aliphatic carbocycles. The SMILES string of the molecule is O=[N+]([O-])c1ccc(N/N=C2\CC(CN3CCNCC3)Cc3ccccc32)c([N+](=O)[O-])c1. The summed E-state index contributed by atoms with van der Waals surface area (Å²) in [5.74, 6) is 0.403. The van der Waals surface area contributed by atoms with Crippen LogP contribution < -0.4 is 10.7 Å². The molecule has 4 rings (SSSR count). The van der Waals surface area contributed by atoms with E-state index in [9.17, 15) is 20.2 Å². The molecule has 0 bridgehead atoms. The first-order chi connectivity index (χ1) is 15.0. The Kier molecular flexibility index (Phi) is 6.19. The number of piperazine rings is 1. The Morgan fingerprint density at radius 1 is 1.06 bits per heavy atom. The smallest absolute Gasteiger partial charge is 0.301 e. The molecule has 31 heavy (non-hydrogen) atoms. The Morgan fingerprint density at radius 3 is 2.58 bits per heavy atom. The number of anilines is 1. The van der Waals surface area contributed by atoms with Crippen molar-refractivity contribution < 1.29 is 9.85 Å². The second kappa shape index (κ2) is 9.19. The van der Waals surface area contributed by atoms with Crippen LogP contribution in [0.3, 0.4) is 0 Å². The van der Waals surface area contributed by atoms with Crippen LogP contribution in [-0.2, 0) is 6.42 Å². The largest absolute Gasteiger partial charge is 0.314 e. The predicted molar refractivity (Wildman–Crippen MR) is 117 cm³/mol. The van der Waals surface area contributed by atoms with Crippen LogP contribution in [0, 0.1) is 26.1 Å². The van der Waals surface area contributed by atoms with Crippen LogP contribution in [0.2, 0.25) is 0 Å². The Labute approximate surface area is 179 Å². The van der Waals surface area contributed by atoms with E-state index in [0.717, 1.165) is 62.9 Å². The van der Waals surface area contributed by atoms with Crippen molar-refractivity contribution in [1.29, 1.82) is 0 Å². The molecule has 10 heteroatoms. The number of hydrazone groups is 1. The van der Waals surface area contributed by atoms with Gasteiger partial charge in [0.15, 0.2) is 0 Å². The first-order valence-corrected chi connectivity index (χ1v) is 10.3. The van der Waals surface area contributed by atoms with E-state index in [1.807, 2.05) is 18.2 Å². The molecule has 1 unspecified atom stereocenters. The van der Waals surface area contributed by atoms with Crippen molar-refractivity contribution in [2.75, 3.05) is 38.1 Å². The quantitative estimate of drug-likeness (QED) is 0.539. The standard InChI is InChI=1S/C21H24N6O4/c28-26(29)17-5-6-19(21(13-17)27(30)31)23-24-20-12-15(14-25-9-7-22-8-10-25)11-16-3-1-2-4-18(16)20/h1-6,13,15,22-23H,7-12,14H2/b24-20+. The molecule has 2 N–H and O–H groups in total. The molecule has 10 nitrogen and oxygen atoms in total. The Bertz CT molecular complexity index is 1020. The van der Waals surface area contributed by atoms with Crippen molar-refractivity contribution in [2.24, 2.45) is 11.0 Å². The summed E-state index contributed by atoms with van der Waals surface area (Å²) in [6, 6.07) is 11.6. The first-order valence-electron chi connectivity index (χ1n) is 10.3. The molecule has 0 radical (unpaired) electrons. The number of rotatable bonds is 6. The summed E-state index contributed by atoms with van der Waals surface area (Å²) in [7, 11) is 0. The van der Waals surface area contributed by atoms with Gasteiger partial charge in [-0.05, 0) is 30.4 Å². The molecule has 1 heterocycles. The first kappa shape index (κ1) is 20.9. The molecular formula is C21H24N6O4. The highest BCUT2D eigenvalue weighted by Gasteiger charge is 2.26. The third kappa shape index (κ3) is 4.86. The van der Waals surface area contributed by atoms with E-state index in [4.69, 9.17) is 0 Å². The van der Waals surface area contributed by atoms with Crippen LogP contribution in [0.25, 0.3) is 0 Å². The van der Waals surface area contributed by atoms with Gasteiger partial charge in [0.25, 0.3) is 5.69 Å². The number of non-ortho nitro benzene ring substituents is 1. The summed E-state index contributed by atoms with van der Waals surface area (Å²) in [6.07, 6.45) is 1.73. The van der Waals surface area contributed by atoms with E-state index in [-0.39, 0.29) is 17.1 Å². The second-order valence-corrected chi connectivity index (χ2v) is 7.87. The minimum absolute atomic E-state index is 0.129. The molecule has 1 atom stereocenters. The average Bonchev–Trinajstić information content (AvgIpc) is 2.78. The van der Waals surface area contributed by atoms with Crippen LogP contribution in [0.1, 0.15) is 17.5 Å². The van der Waals surface area contributed by atoms with E-state index < -0.39 is 9.85 Å². The fourth-order valence-corrected chi connectivity index (χ4v) is 4.25. The number of nitrogens with one attached hydrogen (secondary N) is 2. The van der Waals surface area contributed by atoms with Crippen LogP contribution in [-0.4, -0.2) is 53.2 Å². The van der Waals surface area contributed by atoms with Crippen LogP contribution in [0.15, 0.2) is 47.6 Å². The van der Waals surface area contributed by atoms with Crippen molar-refractivity contribution in [2.45, 2.75) is 12.8 Å². The fourth-order valence-electron chi connectivity index (χ4n) is 4.25. The summed E-state index contributed by atoms with van der Waals surface area (Å²) in [5, 5.41) is 30.2. The number of nitro benzene ring substituents is 2. The van der Waals surface area contributed by atoms with Gasteiger partial charge in [-0.1, -0.05) is 24.3 Å². The van der Waals surface area contributed by atoms with Gasteiger partial charge in [0, 0.05) is 44.4 Å². The summed E-state index contributed by atoms with van der Waals surface area (Å²) in [4.78, 5) is 23.5. The van der Waals surface area contributed by atoms with E-state index in [2.05, 4.69) is 26.8 Å². The van der Waals surface area contributed by atoms with Gasteiger partial charge in [-0.2, -0.15) is 5.10 Å². The number of nitrogens with zero attached hydrogens (tertiary/aromatic N) is 4. The number of hydrogen-bond acceptors (Lipinski definition) is 8. The third-order valence-electron chi connectivity index (χ3n) is 5.75. The highest BCUT2D eigenvalue weighted by molar-refractivity contribution is 6.03. The van der Waals surface area contributed by atoms with E-state index >= 15 is 0 Å². The third-order valence-corrected chi connectivity index (χ3v) is 5.75. The van der Waals surface area contributed by atoms with Crippen molar-refractivity contribution in [3.8, 4) is 0 Å². The molecule has 0 saturated carbocycles.